The molecule has 1 saturated heterocycles. The molecular weight excluding hydrogens is 248 g/mol. The van der Waals surface area contributed by atoms with E-state index >= 15 is 0 Å². The van der Waals surface area contributed by atoms with E-state index in [9.17, 15) is 0 Å². The first-order valence-electron chi connectivity index (χ1n) is 7.87. The van der Waals surface area contributed by atoms with Crippen molar-refractivity contribution in [1.82, 2.24) is 0 Å². The zero-order valence-corrected chi connectivity index (χ0v) is 12.5. The molecule has 2 heteroatoms. The van der Waals surface area contributed by atoms with Crippen LogP contribution in [0, 0.1) is 0 Å². The monoisotopic (exact) mass is 274 g/mol. The van der Waals surface area contributed by atoms with Crippen LogP contribution in [0.2, 0.25) is 0 Å². The Kier molecular flexibility index (Phi) is 6.65. The Bertz CT molecular complexity index is 408. The first-order chi connectivity index (χ1) is 9.90. The standard InChI is InChI=1S/C18H26O2/c1-2-3-4-5-6-7-8-11-16-12-9-10-13-18(16)20-15-17-14-19-17/h6-7,9-10,12-13,17H,2-5,8,11,14-15H2,1H3/b7-6+. The van der Waals surface area contributed by atoms with Crippen molar-refractivity contribution in [1.29, 1.82) is 0 Å². The van der Waals surface area contributed by atoms with Gasteiger partial charge in [0.05, 0.1) is 6.61 Å². The molecule has 0 spiro atoms. The van der Waals surface area contributed by atoms with E-state index in [1.54, 1.807) is 0 Å². The second-order valence-corrected chi connectivity index (χ2v) is 5.38. The van der Waals surface area contributed by atoms with Gasteiger partial charge in [-0.3, -0.25) is 0 Å². The topological polar surface area (TPSA) is 21.8 Å². The first-order valence-corrected chi connectivity index (χ1v) is 7.87. The number of rotatable bonds is 10. The lowest BCUT2D eigenvalue weighted by Crippen LogP contribution is -2.05. The minimum Gasteiger partial charge on any atom is -0.491 e. The van der Waals surface area contributed by atoms with Gasteiger partial charge < -0.3 is 9.47 Å². The van der Waals surface area contributed by atoms with Crippen molar-refractivity contribution in [3.63, 3.8) is 0 Å². The Hall–Kier alpha value is -1.28. The maximum absolute atomic E-state index is 5.82. The number of hydrogen-bond donors (Lipinski definition) is 0. The molecule has 0 aromatic heterocycles. The molecule has 1 aromatic rings. The van der Waals surface area contributed by atoms with Crippen LogP contribution in [0.15, 0.2) is 36.4 Å². The highest BCUT2D eigenvalue weighted by atomic mass is 16.6. The predicted molar refractivity (Wildman–Crippen MR) is 83.3 cm³/mol. The molecular formula is C18H26O2. The van der Waals surface area contributed by atoms with Gasteiger partial charge in [-0.15, -0.1) is 0 Å². The SMILES string of the molecule is CCCCC/C=C/CCc1ccccc1OCC1CO1. The number of benzene rings is 1. The van der Waals surface area contributed by atoms with Crippen LogP contribution in [0.1, 0.15) is 44.6 Å². The number of unbranched alkanes of at least 4 members (excludes halogenated alkanes) is 3. The van der Waals surface area contributed by atoms with Crippen LogP contribution in [-0.2, 0) is 11.2 Å². The Labute approximate surface area is 122 Å². The number of hydrogen-bond acceptors (Lipinski definition) is 2. The fourth-order valence-corrected chi connectivity index (χ4v) is 2.18. The fourth-order valence-electron chi connectivity index (χ4n) is 2.18. The molecule has 1 aromatic carbocycles. The second-order valence-electron chi connectivity index (χ2n) is 5.38. The summed E-state index contributed by atoms with van der Waals surface area (Å²) in [5.74, 6) is 1.02. The maximum atomic E-state index is 5.82. The number of aryl methyl sites for hydroxylation is 1. The normalized spacial score (nSPS) is 17.6. The highest BCUT2D eigenvalue weighted by molar-refractivity contribution is 5.33. The van der Waals surface area contributed by atoms with Crippen molar-refractivity contribution >= 4 is 0 Å². The molecule has 1 aliphatic heterocycles. The molecule has 0 bridgehead atoms. The highest BCUT2D eigenvalue weighted by Gasteiger charge is 2.23. The summed E-state index contributed by atoms with van der Waals surface area (Å²) < 4.78 is 11.0. The van der Waals surface area contributed by atoms with Crippen LogP contribution in [0.3, 0.4) is 0 Å². The lowest BCUT2D eigenvalue weighted by molar-refractivity contribution is 0.261. The van der Waals surface area contributed by atoms with E-state index in [2.05, 4.69) is 37.3 Å². The third-order valence-electron chi connectivity index (χ3n) is 3.52. The largest absolute Gasteiger partial charge is 0.491 e. The van der Waals surface area contributed by atoms with Crippen LogP contribution >= 0.6 is 0 Å². The third kappa shape index (κ3) is 5.79. The van der Waals surface area contributed by atoms with Gasteiger partial charge in [0.25, 0.3) is 0 Å². The van der Waals surface area contributed by atoms with Gasteiger partial charge in [0.2, 0.25) is 0 Å². The quantitative estimate of drug-likeness (QED) is 0.355. The summed E-state index contributed by atoms with van der Waals surface area (Å²) in [6, 6.07) is 8.34. The van der Waals surface area contributed by atoms with Crippen molar-refractivity contribution in [2.75, 3.05) is 13.2 Å². The van der Waals surface area contributed by atoms with E-state index in [0.717, 1.165) is 25.2 Å². The Morgan fingerprint density at radius 2 is 2.00 bits per heavy atom. The molecule has 20 heavy (non-hydrogen) atoms. The molecule has 1 atom stereocenters. The molecule has 0 aliphatic carbocycles. The minimum absolute atomic E-state index is 0.321. The van der Waals surface area contributed by atoms with Crippen molar-refractivity contribution in [3.8, 4) is 5.75 Å². The van der Waals surface area contributed by atoms with Gasteiger partial charge in [-0.2, -0.15) is 0 Å². The Balaban J connectivity index is 1.70. The molecule has 110 valence electrons. The van der Waals surface area contributed by atoms with Crippen molar-refractivity contribution in [3.05, 3.63) is 42.0 Å². The lowest BCUT2D eigenvalue weighted by Gasteiger charge is -2.09. The van der Waals surface area contributed by atoms with E-state index in [4.69, 9.17) is 9.47 Å². The van der Waals surface area contributed by atoms with E-state index in [1.165, 1.54) is 31.2 Å². The molecule has 1 unspecified atom stereocenters. The van der Waals surface area contributed by atoms with E-state index in [0.29, 0.717) is 12.7 Å². The number of epoxide rings is 1. The minimum atomic E-state index is 0.321. The van der Waals surface area contributed by atoms with Crippen molar-refractivity contribution in [2.45, 2.75) is 51.6 Å². The summed E-state index contributed by atoms with van der Waals surface area (Å²) in [7, 11) is 0. The summed E-state index contributed by atoms with van der Waals surface area (Å²) in [5, 5.41) is 0. The van der Waals surface area contributed by atoms with Crippen LogP contribution in [0.4, 0.5) is 0 Å². The van der Waals surface area contributed by atoms with Crippen LogP contribution < -0.4 is 4.74 Å². The van der Waals surface area contributed by atoms with E-state index in [1.807, 2.05) is 6.07 Å². The van der Waals surface area contributed by atoms with Gasteiger partial charge >= 0.3 is 0 Å². The van der Waals surface area contributed by atoms with Gasteiger partial charge in [0.15, 0.2) is 0 Å². The van der Waals surface area contributed by atoms with Crippen molar-refractivity contribution in [2.24, 2.45) is 0 Å². The second kappa shape index (κ2) is 8.80. The van der Waals surface area contributed by atoms with Gasteiger partial charge in [0, 0.05) is 0 Å². The molecule has 0 amide bonds. The predicted octanol–water partition coefficient (Wildman–Crippen LogP) is 4.53. The zero-order chi connectivity index (χ0) is 14.0. The molecule has 0 saturated carbocycles. The van der Waals surface area contributed by atoms with Gasteiger partial charge in [-0.1, -0.05) is 50.1 Å². The molecule has 0 N–H and O–H groups in total. The van der Waals surface area contributed by atoms with Crippen LogP contribution in [0.5, 0.6) is 5.75 Å². The molecule has 1 fully saturated rings. The zero-order valence-electron chi connectivity index (χ0n) is 12.5. The summed E-state index contributed by atoms with van der Waals surface area (Å²) in [6.45, 7) is 3.78. The fraction of sp³-hybridized carbons (Fsp3) is 0.556. The molecule has 2 nitrogen and oxygen atoms in total. The third-order valence-corrected chi connectivity index (χ3v) is 3.52. The summed E-state index contributed by atoms with van der Waals surface area (Å²) in [6.07, 6.45) is 12.2. The average molecular weight is 274 g/mol. The lowest BCUT2D eigenvalue weighted by atomic mass is 10.1. The smallest absolute Gasteiger partial charge is 0.122 e. The van der Waals surface area contributed by atoms with E-state index < -0.39 is 0 Å². The first kappa shape index (κ1) is 15.1. The molecule has 1 heterocycles. The summed E-state index contributed by atoms with van der Waals surface area (Å²) in [5.41, 5.74) is 1.30. The van der Waals surface area contributed by atoms with Gasteiger partial charge in [-0.05, 0) is 37.3 Å². The van der Waals surface area contributed by atoms with Crippen LogP contribution in [-0.4, -0.2) is 19.3 Å². The van der Waals surface area contributed by atoms with Gasteiger partial charge in [-0.25, -0.2) is 0 Å². The number of ether oxygens (including phenoxy) is 2. The summed E-state index contributed by atoms with van der Waals surface area (Å²) >= 11 is 0. The summed E-state index contributed by atoms with van der Waals surface area (Å²) in [4.78, 5) is 0. The Morgan fingerprint density at radius 1 is 1.20 bits per heavy atom. The highest BCUT2D eigenvalue weighted by Crippen LogP contribution is 2.21. The molecule has 2 rings (SSSR count). The van der Waals surface area contributed by atoms with Crippen LogP contribution in [0.25, 0.3) is 0 Å². The van der Waals surface area contributed by atoms with Gasteiger partial charge in [0.1, 0.15) is 18.5 Å². The van der Waals surface area contributed by atoms with Crippen molar-refractivity contribution < 1.29 is 9.47 Å². The maximum Gasteiger partial charge on any atom is 0.122 e. The Morgan fingerprint density at radius 3 is 2.80 bits per heavy atom. The molecule has 1 aliphatic rings. The van der Waals surface area contributed by atoms with E-state index in [-0.39, 0.29) is 0 Å². The average Bonchev–Trinajstić information content (AvgIpc) is 3.29. The number of para-hydroxylation sites is 1. The number of allylic oxidation sites excluding steroid dienone is 2. The molecule has 0 radical (unpaired) electrons.